The molecule has 15 heavy (non-hydrogen) atoms. The highest BCUT2D eigenvalue weighted by atomic mass is 31.0. The topological polar surface area (TPSA) is 37.4 Å². The molecular weight excluding hydrogens is 209 g/mol. The third-order valence-electron chi connectivity index (χ3n) is 2.59. The second-order valence-corrected chi connectivity index (χ2v) is 4.17. The minimum absolute atomic E-state index is 0.194. The van der Waals surface area contributed by atoms with Gasteiger partial charge in [0.25, 0.3) is 11.8 Å². The number of nitrogens with zero attached hydrogens (tertiary/aromatic N) is 1. The van der Waals surface area contributed by atoms with Crippen LogP contribution in [0.2, 0.25) is 0 Å². The van der Waals surface area contributed by atoms with Crippen molar-refractivity contribution in [2.24, 2.45) is 0 Å². The maximum absolute atomic E-state index is 11.7. The predicted octanol–water partition coefficient (Wildman–Crippen LogP) is 1.33. The summed E-state index contributed by atoms with van der Waals surface area (Å²) in [7, 11) is 4.16. The van der Waals surface area contributed by atoms with Gasteiger partial charge in [0, 0.05) is 7.05 Å². The van der Waals surface area contributed by atoms with Gasteiger partial charge in [-0.2, -0.15) is 0 Å². The first-order chi connectivity index (χ1) is 7.15. The Kier molecular flexibility index (Phi) is 2.57. The van der Waals surface area contributed by atoms with E-state index < -0.39 is 0 Å². The van der Waals surface area contributed by atoms with Gasteiger partial charge in [-0.1, -0.05) is 6.07 Å². The van der Waals surface area contributed by atoms with Crippen LogP contribution in [0.25, 0.3) is 0 Å². The van der Waals surface area contributed by atoms with Crippen LogP contribution in [0, 0.1) is 0 Å². The molecule has 78 valence electrons. The number of rotatable bonds is 2. The highest BCUT2D eigenvalue weighted by Gasteiger charge is 2.32. The van der Waals surface area contributed by atoms with Gasteiger partial charge in [-0.25, -0.2) is 0 Å². The SMILES string of the molecule is CN1C(=O)c2ccc(CCP)cc2C1=O. The first kappa shape index (κ1) is 10.3. The van der Waals surface area contributed by atoms with E-state index in [1.165, 1.54) is 7.05 Å². The van der Waals surface area contributed by atoms with E-state index in [0.717, 1.165) is 23.0 Å². The lowest BCUT2D eigenvalue weighted by Gasteiger charge is -2.02. The minimum Gasteiger partial charge on any atom is -0.277 e. The van der Waals surface area contributed by atoms with Gasteiger partial charge in [0.2, 0.25) is 0 Å². The molecule has 1 heterocycles. The molecule has 0 aliphatic carbocycles. The van der Waals surface area contributed by atoms with Gasteiger partial charge in [-0.15, -0.1) is 9.24 Å². The molecule has 2 amide bonds. The number of imide groups is 1. The Bertz CT molecular complexity index is 442. The van der Waals surface area contributed by atoms with Gasteiger partial charge >= 0.3 is 0 Å². The number of carbonyl (C=O) groups excluding carboxylic acids is 2. The second kappa shape index (κ2) is 3.74. The van der Waals surface area contributed by atoms with Gasteiger partial charge in [-0.3, -0.25) is 14.5 Å². The number of hydrogen-bond acceptors (Lipinski definition) is 2. The first-order valence-corrected chi connectivity index (χ1v) is 5.62. The third kappa shape index (κ3) is 1.57. The summed E-state index contributed by atoms with van der Waals surface area (Å²) in [4.78, 5) is 24.4. The highest BCUT2D eigenvalue weighted by molar-refractivity contribution is 7.16. The molecule has 1 aliphatic heterocycles. The molecule has 3 nitrogen and oxygen atoms in total. The van der Waals surface area contributed by atoms with E-state index in [1.54, 1.807) is 6.07 Å². The Labute approximate surface area is 90.7 Å². The largest absolute Gasteiger partial charge is 0.277 e. The van der Waals surface area contributed by atoms with Crippen LogP contribution in [0.1, 0.15) is 26.3 Å². The van der Waals surface area contributed by atoms with E-state index in [1.807, 2.05) is 12.1 Å². The average molecular weight is 221 g/mol. The van der Waals surface area contributed by atoms with Crippen LogP contribution in [0.5, 0.6) is 0 Å². The van der Waals surface area contributed by atoms with Gasteiger partial charge in [0.15, 0.2) is 0 Å². The average Bonchev–Trinajstić information content (AvgIpc) is 2.45. The second-order valence-electron chi connectivity index (χ2n) is 3.59. The molecule has 0 saturated carbocycles. The van der Waals surface area contributed by atoms with Crippen molar-refractivity contribution in [2.75, 3.05) is 13.2 Å². The number of amides is 2. The van der Waals surface area contributed by atoms with Crippen LogP contribution in [-0.2, 0) is 6.42 Å². The summed E-state index contributed by atoms with van der Waals surface area (Å²) in [5, 5.41) is 0. The highest BCUT2D eigenvalue weighted by Crippen LogP contribution is 2.22. The molecule has 1 aromatic carbocycles. The molecule has 0 N–H and O–H groups in total. The zero-order valence-corrected chi connectivity index (χ0v) is 9.64. The Hall–Kier alpha value is -1.21. The normalized spacial score (nSPS) is 14.7. The van der Waals surface area contributed by atoms with Gasteiger partial charge < -0.3 is 0 Å². The maximum Gasteiger partial charge on any atom is 0.261 e. The van der Waals surface area contributed by atoms with Crippen LogP contribution >= 0.6 is 9.24 Å². The molecular formula is C11H12NO2P. The fourth-order valence-corrected chi connectivity index (χ4v) is 2.06. The van der Waals surface area contributed by atoms with Crippen molar-refractivity contribution in [3.63, 3.8) is 0 Å². The van der Waals surface area contributed by atoms with Crippen molar-refractivity contribution >= 4 is 21.1 Å². The maximum atomic E-state index is 11.7. The monoisotopic (exact) mass is 221 g/mol. The lowest BCUT2D eigenvalue weighted by atomic mass is 10.0. The van der Waals surface area contributed by atoms with Crippen molar-refractivity contribution in [3.05, 3.63) is 34.9 Å². The Morgan fingerprint density at radius 2 is 1.87 bits per heavy atom. The minimum atomic E-state index is -0.201. The summed E-state index contributed by atoms with van der Waals surface area (Å²) in [5.41, 5.74) is 2.16. The summed E-state index contributed by atoms with van der Waals surface area (Å²) in [5.74, 6) is -0.395. The summed E-state index contributed by atoms with van der Waals surface area (Å²) in [6.07, 6.45) is 1.86. The smallest absolute Gasteiger partial charge is 0.261 e. The Morgan fingerprint density at radius 1 is 1.20 bits per heavy atom. The molecule has 1 unspecified atom stereocenters. The zero-order chi connectivity index (χ0) is 11.0. The number of benzene rings is 1. The summed E-state index contributed by atoms with van der Waals surface area (Å²) in [6.45, 7) is 0. The van der Waals surface area contributed by atoms with E-state index >= 15 is 0 Å². The molecule has 4 heteroatoms. The summed E-state index contributed by atoms with van der Waals surface area (Å²) < 4.78 is 0. The number of carbonyl (C=O) groups is 2. The van der Waals surface area contributed by atoms with Crippen LogP contribution in [0.15, 0.2) is 18.2 Å². The molecule has 0 radical (unpaired) electrons. The first-order valence-electron chi connectivity index (χ1n) is 4.80. The van der Waals surface area contributed by atoms with Gasteiger partial charge in [0.05, 0.1) is 11.1 Å². The van der Waals surface area contributed by atoms with Crippen molar-refractivity contribution in [3.8, 4) is 0 Å². The van der Waals surface area contributed by atoms with Crippen LogP contribution in [0.3, 0.4) is 0 Å². The van der Waals surface area contributed by atoms with Crippen LogP contribution < -0.4 is 0 Å². The summed E-state index contributed by atoms with van der Waals surface area (Å²) in [6, 6.07) is 5.48. The molecule has 1 aliphatic rings. The molecule has 0 aromatic heterocycles. The molecule has 1 atom stereocenters. The molecule has 1 aromatic rings. The van der Waals surface area contributed by atoms with Crippen molar-refractivity contribution in [1.29, 1.82) is 0 Å². The lowest BCUT2D eigenvalue weighted by Crippen LogP contribution is -2.24. The van der Waals surface area contributed by atoms with Gasteiger partial charge in [-0.05, 0) is 30.3 Å². The van der Waals surface area contributed by atoms with Crippen LogP contribution in [0.4, 0.5) is 0 Å². The number of hydrogen-bond donors (Lipinski definition) is 0. The van der Waals surface area contributed by atoms with Crippen molar-refractivity contribution < 1.29 is 9.59 Å². The summed E-state index contributed by atoms with van der Waals surface area (Å²) >= 11 is 0. The predicted molar refractivity (Wildman–Crippen MR) is 61.1 cm³/mol. The zero-order valence-electron chi connectivity index (χ0n) is 8.49. The van der Waals surface area contributed by atoms with Crippen molar-refractivity contribution in [1.82, 2.24) is 4.90 Å². The quantitative estimate of drug-likeness (QED) is 0.558. The Morgan fingerprint density at radius 3 is 2.53 bits per heavy atom. The third-order valence-corrected chi connectivity index (χ3v) is 2.88. The van der Waals surface area contributed by atoms with E-state index in [0.29, 0.717) is 11.1 Å². The fraction of sp³-hybridized carbons (Fsp3) is 0.273. The van der Waals surface area contributed by atoms with Gasteiger partial charge in [0.1, 0.15) is 0 Å². The fourth-order valence-electron chi connectivity index (χ4n) is 1.73. The van der Waals surface area contributed by atoms with E-state index in [2.05, 4.69) is 9.24 Å². The molecule has 0 saturated heterocycles. The van der Waals surface area contributed by atoms with E-state index in [9.17, 15) is 9.59 Å². The number of aryl methyl sites for hydroxylation is 1. The molecule has 0 spiro atoms. The van der Waals surface area contributed by atoms with E-state index in [-0.39, 0.29) is 11.8 Å². The Balaban J connectivity index is 2.47. The van der Waals surface area contributed by atoms with Crippen LogP contribution in [-0.4, -0.2) is 29.9 Å². The lowest BCUT2D eigenvalue weighted by molar-refractivity contribution is 0.0693. The standard InChI is InChI=1S/C11H12NO2P/c1-12-10(13)8-3-2-7(4-5-15)6-9(8)11(12)14/h2-3,6H,4-5,15H2,1H3. The molecule has 2 rings (SSSR count). The van der Waals surface area contributed by atoms with E-state index in [4.69, 9.17) is 0 Å². The number of fused-ring (bicyclic) bond motifs is 1. The van der Waals surface area contributed by atoms with Crippen molar-refractivity contribution in [2.45, 2.75) is 6.42 Å². The molecule has 0 bridgehead atoms. The molecule has 0 fully saturated rings.